The van der Waals surface area contributed by atoms with Gasteiger partial charge in [0, 0.05) is 13.7 Å². The Labute approximate surface area is 141 Å². The van der Waals surface area contributed by atoms with Crippen LogP contribution in [-0.2, 0) is 22.6 Å². The van der Waals surface area contributed by atoms with E-state index in [0.717, 1.165) is 23.6 Å². The number of quaternary nitrogens is 1. The average molecular weight is 335 g/mol. The van der Waals surface area contributed by atoms with Crippen LogP contribution in [0.25, 0.3) is 0 Å². The van der Waals surface area contributed by atoms with Crippen LogP contribution in [0.15, 0.2) is 40.8 Å². The largest absolute Gasteiger partial charge is 0.464 e. The molecule has 1 amide bonds. The third kappa shape index (κ3) is 5.79. The molecule has 0 aliphatic heterocycles. The van der Waals surface area contributed by atoms with Gasteiger partial charge in [-0.3, -0.25) is 4.79 Å². The van der Waals surface area contributed by atoms with Gasteiger partial charge in [-0.05, 0) is 36.8 Å². The van der Waals surface area contributed by atoms with E-state index in [1.807, 2.05) is 24.4 Å². The number of methoxy groups -OCH3 is 1. The van der Waals surface area contributed by atoms with Crippen molar-refractivity contribution < 1.29 is 23.7 Å². The molecular weight excluding hydrogens is 311 g/mol. The van der Waals surface area contributed by atoms with Crippen molar-refractivity contribution in [2.24, 2.45) is 0 Å². The Kier molecular flexibility index (Phi) is 6.96. The molecule has 0 fully saturated rings. The third-order valence-corrected chi connectivity index (χ3v) is 3.63. The molecule has 1 aromatic heterocycles. The van der Waals surface area contributed by atoms with Crippen molar-refractivity contribution in [3.05, 3.63) is 59.3 Å². The molecular formula is C18H24FN2O3+. The zero-order chi connectivity index (χ0) is 17.4. The molecule has 1 heterocycles. The predicted octanol–water partition coefficient (Wildman–Crippen LogP) is 1.47. The molecule has 0 saturated carbocycles. The Balaban J connectivity index is 2.02. The number of hydrogen-bond donors (Lipinski definition) is 1. The molecule has 0 unspecified atom stereocenters. The smallest absolute Gasteiger partial charge is 0.278 e. The van der Waals surface area contributed by atoms with E-state index in [0.29, 0.717) is 26.2 Å². The summed E-state index contributed by atoms with van der Waals surface area (Å²) in [5.74, 6) is 1.27. The summed E-state index contributed by atoms with van der Waals surface area (Å²) in [7, 11) is 1.63. The average Bonchev–Trinajstić information content (AvgIpc) is 2.98. The van der Waals surface area contributed by atoms with E-state index < -0.39 is 0 Å². The van der Waals surface area contributed by atoms with Crippen LogP contribution >= 0.6 is 0 Å². The Bertz CT molecular complexity index is 640. The molecule has 0 bridgehead atoms. The number of nitrogens with two attached hydrogens (primary N) is 1. The first-order valence-electron chi connectivity index (χ1n) is 7.96. The second-order valence-electron chi connectivity index (χ2n) is 5.66. The maximum absolute atomic E-state index is 13.1. The summed E-state index contributed by atoms with van der Waals surface area (Å²) in [6.07, 6.45) is 0. The summed E-state index contributed by atoms with van der Waals surface area (Å²) in [6.45, 7) is 4.34. The first-order chi connectivity index (χ1) is 11.6. The number of aryl methyl sites for hydroxylation is 1. The first-order valence-corrected chi connectivity index (χ1v) is 7.96. The fraction of sp³-hybridized carbons (Fsp3) is 0.389. The number of benzene rings is 1. The van der Waals surface area contributed by atoms with E-state index in [1.54, 1.807) is 24.1 Å². The first kappa shape index (κ1) is 18.2. The zero-order valence-electron chi connectivity index (χ0n) is 14.1. The summed E-state index contributed by atoms with van der Waals surface area (Å²) in [4.78, 5) is 14.2. The van der Waals surface area contributed by atoms with Gasteiger partial charge in [0.2, 0.25) is 0 Å². The van der Waals surface area contributed by atoms with Gasteiger partial charge in [-0.1, -0.05) is 12.1 Å². The van der Waals surface area contributed by atoms with Gasteiger partial charge in [-0.2, -0.15) is 0 Å². The number of amides is 1. The highest BCUT2D eigenvalue weighted by Gasteiger charge is 2.17. The Hall–Kier alpha value is -2.18. The molecule has 0 aliphatic rings. The van der Waals surface area contributed by atoms with Crippen LogP contribution in [-0.4, -0.2) is 37.6 Å². The Morgan fingerprint density at radius 1 is 1.21 bits per heavy atom. The van der Waals surface area contributed by atoms with Crippen LogP contribution in [0.3, 0.4) is 0 Å². The van der Waals surface area contributed by atoms with Gasteiger partial charge in [0.05, 0.1) is 19.7 Å². The van der Waals surface area contributed by atoms with Gasteiger partial charge in [0.15, 0.2) is 6.54 Å². The molecule has 0 saturated heterocycles. The summed E-state index contributed by atoms with van der Waals surface area (Å²) < 4.78 is 23.6. The molecule has 1 aromatic carbocycles. The minimum Gasteiger partial charge on any atom is -0.464 e. The monoisotopic (exact) mass is 335 g/mol. The van der Waals surface area contributed by atoms with Gasteiger partial charge in [-0.15, -0.1) is 0 Å². The van der Waals surface area contributed by atoms with E-state index in [9.17, 15) is 9.18 Å². The molecule has 24 heavy (non-hydrogen) atoms. The number of nitrogens with zero attached hydrogens (tertiary/aromatic N) is 1. The van der Waals surface area contributed by atoms with E-state index in [4.69, 9.17) is 9.15 Å². The number of carbonyl (C=O) groups excluding carboxylic acids is 1. The maximum atomic E-state index is 13.1. The van der Waals surface area contributed by atoms with Crippen molar-refractivity contribution in [1.29, 1.82) is 0 Å². The van der Waals surface area contributed by atoms with E-state index in [2.05, 4.69) is 0 Å². The number of halogens is 1. The second kappa shape index (κ2) is 9.20. The van der Waals surface area contributed by atoms with Crippen LogP contribution in [0.2, 0.25) is 0 Å². The SMILES string of the molecule is COCC[NH2+]CC(=O)N(Cc1ccc(F)cc1)Cc1ccc(C)o1. The predicted molar refractivity (Wildman–Crippen MR) is 87.6 cm³/mol. The van der Waals surface area contributed by atoms with Crippen LogP contribution in [0.1, 0.15) is 17.1 Å². The van der Waals surface area contributed by atoms with Gasteiger partial charge >= 0.3 is 0 Å². The van der Waals surface area contributed by atoms with Crippen molar-refractivity contribution >= 4 is 5.91 Å². The lowest BCUT2D eigenvalue weighted by Gasteiger charge is -2.21. The van der Waals surface area contributed by atoms with E-state index >= 15 is 0 Å². The van der Waals surface area contributed by atoms with E-state index in [-0.39, 0.29) is 11.7 Å². The minimum atomic E-state index is -0.286. The summed E-state index contributed by atoms with van der Waals surface area (Å²) >= 11 is 0. The lowest BCUT2D eigenvalue weighted by atomic mass is 10.2. The molecule has 2 rings (SSSR count). The highest BCUT2D eigenvalue weighted by molar-refractivity contribution is 5.76. The fourth-order valence-electron chi connectivity index (χ4n) is 2.36. The molecule has 2 N–H and O–H groups in total. The zero-order valence-corrected chi connectivity index (χ0v) is 14.1. The Morgan fingerprint density at radius 2 is 1.96 bits per heavy atom. The van der Waals surface area contributed by atoms with E-state index in [1.165, 1.54) is 12.1 Å². The molecule has 130 valence electrons. The molecule has 2 aromatic rings. The van der Waals surface area contributed by atoms with Crippen LogP contribution in [0.5, 0.6) is 0 Å². The fourth-order valence-corrected chi connectivity index (χ4v) is 2.36. The standard InChI is InChI=1S/C18H23FN2O3/c1-14-3-8-17(24-14)13-21(18(22)11-20-9-10-23-2)12-15-4-6-16(19)7-5-15/h3-8,20H,9-13H2,1-2H3/p+1. The highest BCUT2D eigenvalue weighted by atomic mass is 19.1. The second-order valence-corrected chi connectivity index (χ2v) is 5.66. The van der Waals surface area contributed by atoms with Crippen LogP contribution < -0.4 is 5.32 Å². The van der Waals surface area contributed by atoms with Gasteiger partial charge < -0.3 is 19.4 Å². The maximum Gasteiger partial charge on any atom is 0.278 e. The van der Waals surface area contributed by atoms with Crippen molar-refractivity contribution in [2.75, 3.05) is 26.8 Å². The summed E-state index contributed by atoms with van der Waals surface area (Å²) in [5, 5.41) is 1.91. The number of hydrogen-bond acceptors (Lipinski definition) is 3. The highest BCUT2D eigenvalue weighted by Crippen LogP contribution is 2.13. The topological polar surface area (TPSA) is 59.3 Å². The minimum absolute atomic E-state index is 0.00415. The Morgan fingerprint density at radius 3 is 2.58 bits per heavy atom. The molecule has 0 radical (unpaired) electrons. The molecule has 6 heteroatoms. The lowest BCUT2D eigenvalue weighted by molar-refractivity contribution is -0.646. The van der Waals surface area contributed by atoms with Crippen LogP contribution in [0, 0.1) is 12.7 Å². The van der Waals surface area contributed by atoms with Crippen molar-refractivity contribution in [2.45, 2.75) is 20.0 Å². The van der Waals surface area contributed by atoms with Gasteiger partial charge in [0.25, 0.3) is 5.91 Å². The number of carbonyl (C=O) groups is 1. The van der Waals surface area contributed by atoms with Crippen LogP contribution in [0.4, 0.5) is 4.39 Å². The quantitative estimate of drug-likeness (QED) is 0.706. The van der Waals surface area contributed by atoms with Gasteiger partial charge in [0.1, 0.15) is 17.3 Å². The number of furan rings is 1. The molecule has 0 atom stereocenters. The van der Waals surface area contributed by atoms with Gasteiger partial charge in [-0.25, -0.2) is 4.39 Å². The normalized spacial score (nSPS) is 10.8. The number of ether oxygens (including phenoxy) is 1. The summed E-state index contributed by atoms with van der Waals surface area (Å²) in [6, 6.07) is 9.93. The molecule has 0 spiro atoms. The third-order valence-electron chi connectivity index (χ3n) is 3.63. The van der Waals surface area contributed by atoms with Crippen molar-refractivity contribution in [3.8, 4) is 0 Å². The lowest BCUT2D eigenvalue weighted by Crippen LogP contribution is -2.87. The molecule has 0 aliphatic carbocycles. The molecule has 5 nitrogen and oxygen atoms in total. The summed E-state index contributed by atoms with van der Waals surface area (Å²) in [5.41, 5.74) is 0.880. The van der Waals surface area contributed by atoms with Crippen molar-refractivity contribution in [3.63, 3.8) is 0 Å². The van der Waals surface area contributed by atoms with Crippen molar-refractivity contribution in [1.82, 2.24) is 4.90 Å². The number of rotatable bonds is 9.